The van der Waals surface area contributed by atoms with Crippen molar-refractivity contribution in [1.82, 2.24) is 19.7 Å². The smallest absolute Gasteiger partial charge is 0.256 e. The van der Waals surface area contributed by atoms with Crippen molar-refractivity contribution in [3.8, 4) is 22.3 Å². The number of rotatable bonds is 9. The molecule has 0 fully saturated rings. The number of aromatic nitrogens is 4. The molecule has 0 saturated heterocycles. The molecule has 5 rings (SSSR count). The third-order valence-electron chi connectivity index (χ3n) is 6.18. The third kappa shape index (κ3) is 5.73. The number of benzene rings is 2. The van der Waals surface area contributed by atoms with Gasteiger partial charge in [0, 0.05) is 24.5 Å². The zero-order chi connectivity index (χ0) is 26.5. The second-order valence-corrected chi connectivity index (χ2v) is 9.76. The molecular formula is C29H27N5O3S. The Morgan fingerprint density at radius 1 is 1.05 bits per heavy atom. The summed E-state index contributed by atoms with van der Waals surface area (Å²) in [4.78, 5) is 34.5. The molecule has 192 valence electrons. The molecule has 1 amide bonds. The second kappa shape index (κ2) is 11.3. The zero-order valence-electron chi connectivity index (χ0n) is 21.1. The number of aromatic amines is 1. The zero-order valence-corrected chi connectivity index (χ0v) is 21.9. The van der Waals surface area contributed by atoms with Crippen molar-refractivity contribution in [3.05, 3.63) is 111 Å². The van der Waals surface area contributed by atoms with Crippen LogP contribution in [0.1, 0.15) is 28.8 Å². The number of H-pyrrole nitrogens is 1. The lowest BCUT2D eigenvalue weighted by Gasteiger charge is -2.11. The number of anilines is 1. The fraction of sp³-hybridized carbons (Fsp3) is 0.172. The minimum Gasteiger partial charge on any atom is -0.497 e. The third-order valence-corrected chi connectivity index (χ3v) is 7.08. The van der Waals surface area contributed by atoms with Gasteiger partial charge in [-0.25, -0.2) is 4.98 Å². The molecule has 0 aliphatic rings. The summed E-state index contributed by atoms with van der Waals surface area (Å²) in [6.07, 6.45) is 1.33. The van der Waals surface area contributed by atoms with Crippen molar-refractivity contribution in [2.45, 2.75) is 26.2 Å². The van der Waals surface area contributed by atoms with Crippen LogP contribution < -0.4 is 15.6 Å². The highest BCUT2D eigenvalue weighted by Gasteiger charge is 2.18. The van der Waals surface area contributed by atoms with Crippen LogP contribution in [-0.2, 0) is 17.6 Å². The van der Waals surface area contributed by atoms with Gasteiger partial charge in [0.2, 0.25) is 11.9 Å². The fourth-order valence-corrected chi connectivity index (χ4v) is 4.82. The van der Waals surface area contributed by atoms with Crippen LogP contribution in [-0.4, -0.2) is 32.8 Å². The molecule has 0 radical (unpaired) electrons. The van der Waals surface area contributed by atoms with Crippen molar-refractivity contribution in [2.24, 2.45) is 0 Å². The van der Waals surface area contributed by atoms with Crippen LogP contribution in [0.5, 0.6) is 5.75 Å². The lowest BCUT2D eigenvalue weighted by atomic mass is 10.1. The number of hydrogen-bond acceptors (Lipinski definition) is 6. The quantitative estimate of drug-likeness (QED) is 0.277. The standard InChI is InChI=1S/C29H27N5O3S/c1-19-23(17-21-7-4-3-5-8-21)28(36)32-29(30-19)34-26(18-24(33-34)25-9-6-16-38-25)31-27(35)15-12-20-10-13-22(37-2)14-11-20/h3-11,13-14,16,18H,12,15,17H2,1-2H3,(H,31,35)(H,30,32,36). The molecular weight excluding hydrogens is 498 g/mol. The molecule has 38 heavy (non-hydrogen) atoms. The van der Waals surface area contributed by atoms with Crippen LogP contribution in [0, 0.1) is 6.92 Å². The van der Waals surface area contributed by atoms with Crippen LogP contribution >= 0.6 is 11.3 Å². The number of ether oxygens (including phenoxy) is 1. The number of carbonyl (C=O) groups excluding carboxylic acids is 1. The van der Waals surface area contributed by atoms with E-state index < -0.39 is 0 Å². The molecule has 0 bridgehead atoms. The maximum Gasteiger partial charge on any atom is 0.256 e. The first-order valence-corrected chi connectivity index (χ1v) is 13.1. The first-order valence-electron chi connectivity index (χ1n) is 12.2. The Hall–Kier alpha value is -4.50. The molecule has 9 heteroatoms. The molecule has 2 N–H and O–H groups in total. The second-order valence-electron chi connectivity index (χ2n) is 8.82. The van der Waals surface area contributed by atoms with Gasteiger partial charge in [0.25, 0.3) is 5.56 Å². The van der Waals surface area contributed by atoms with Crippen molar-refractivity contribution in [2.75, 3.05) is 12.4 Å². The van der Waals surface area contributed by atoms with Gasteiger partial charge in [-0.05, 0) is 48.1 Å². The van der Waals surface area contributed by atoms with Gasteiger partial charge in [0.05, 0.1) is 17.7 Å². The summed E-state index contributed by atoms with van der Waals surface area (Å²) >= 11 is 1.54. The van der Waals surface area contributed by atoms with Crippen LogP contribution in [0.15, 0.2) is 83.0 Å². The summed E-state index contributed by atoms with van der Waals surface area (Å²) in [6, 6.07) is 23.1. The molecule has 0 atom stereocenters. The Labute approximate surface area is 224 Å². The molecule has 0 aliphatic heterocycles. The SMILES string of the molecule is COc1ccc(CCC(=O)Nc2cc(-c3cccs3)nn2-c2nc(C)c(Cc3ccccc3)c(=O)[nH]2)cc1. The van der Waals surface area contributed by atoms with Crippen LogP contribution in [0.25, 0.3) is 16.5 Å². The van der Waals surface area contributed by atoms with E-state index in [0.717, 1.165) is 21.8 Å². The average molecular weight is 526 g/mol. The normalized spacial score (nSPS) is 10.9. The number of methoxy groups -OCH3 is 1. The van der Waals surface area contributed by atoms with E-state index in [1.807, 2.05) is 79.0 Å². The lowest BCUT2D eigenvalue weighted by molar-refractivity contribution is -0.116. The first-order chi connectivity index (χ1) is 18.5. The molecule has 8 nitrogen and oxygen atoms in total. The maximum atomic E-state index is 13.1. The van der Waals surface area contributed by atoms with Crippen LogP contribution in [0.2, 0.25) is 0 Å². The van der Waals surface area contributed by atoms with Crippen molar-refractivity contribution in [3.63, 3.8) is 0 Å². The van der Waals surface area contributed by atoms with Gasteiger partial charge < -0.3 is 10.1 Å². The summed E-state index contributed by atoms with van der Waals surface area (Å²) in [5.74, 6) is 1.29. The molecule has 2 aromatic carbocycles. The minimum atomic E-state index is -0.235. The Bertz CT molecular complexity index is 1590. The maximum absolute atomic E-state index is 13.1. The molecule has 0 spiro atoms. The van der Waals surface area contributed by atoms with Gasteiger partial charge in [0.1, 0.15) is 17.3 Å². The van der Waals surface area contributed by atoms with Gasteiger partial charge >= 0.3 is 0 Å². The summed E-state index contributed by atoms with van der Waals surface area (Å²) in [7, 11) is 1.62. The highest BCUT2D eigenvalue weighted by atomic mass is 32.1. The number of aryl methyl sites for hydroxylation is 2. The van der Waals surface area contributed by atoms with E-state index in [1.54, 1.807) is 24.5 Å². The summed E-state index contributed by atoms with van der Waals surface area (Å²) in [5.41, 5.74) is 3.71. The predicted molar refractivity (Wildman–Crippen MR) is 149 cm³/mol. The lowest BCUT2D eigenvalue weighted by Crippen LogP contribution is -2.22. The molecule has 0 unspecified atom stereocenters. The number of amides is 1. The van der Waals surface area contributed by atoms with Gasteiger partial charge in [-0.3, -0.25) is 14.6 Å². The molecule has 3 aromatic heterocycles. The predicted octanol–water partition coefficient (Wildman–Crippen LogP) is 5.16. The topological polar surface area (TPSA) is 102 Å². The van der Waals surface area contributed by atoms with Crippen molar-refractivity contribution >= 4 is 23.1 Å². The number of hydrogen-bond donors (Lipinski definition) is 2. The van der Waals surface area contributed by atoms with Crippen molar-refractivity contribution in [1.29, 1.82) is 0 Å². The summed E-state index contributed by atoms with van der Waals surface area (Å²) < 4.78 is 6.68. The van der Waals surface area contributed by atoms with Gasteiger partial charge in [-0.15, -0.1) is 11.3 Å². The summed E-state index contributed by atoms with van der Waals surface area (Å²) in [6.45, 7) is 1.81. The highest BCUT2D eigenvalue weighted by molar-refractivity contribution is 7.13. The molecule has 5 aromatic rings. The first kappa shape index (κ1) is 25.2. The number of nitrogens with zero attached hydrogens (tertiary/aromatic N) is 3. The van der Waals surface area contributed by atoms with E-state index in [4.69, 9.17) is 4.74 Å². The van der Waals surface area contributed by atoms with Gasteiger partial charge in [-0.1, -0.05) is 48.5 Å². The minimum absolute atomic E-state index is 0.167. The van der Waals surface area contributed by atoms with Gasteiger partial charge in [-0.2, -0.15) is 9.78 Å². The van der Waals surface area contributed by atoms with E-state index >= 15 is 0 Å². The van der Waals surface area contributed by atoms with Gasteiger partial charge in [0.15, 0.2) is 0 Å². The van der Waals surface area contributed by atoms with E-state index in [9.17, 15) is 9.59 Å². The monoisotopic (exact) mass is 525 g/mol. The van der Waals surface area contributed by atoms with E-state index in [-0.39, 0.29) is 23.8 Å². The Morgan fingerprint density at radius 3 is 2.53 bits per heavy atom. The Morgan fingerprint density at radius 2 is 1.84 bits per heavy atom. The summed E-state index contributed by atoms with van der Waals surface area (Å²) in [5, 5.41) is 9.59. The van der Waals surface area contributed by atoms with Crippen LogP contribution in [0.3, 0.4) is 0 Å². The number of nitrogens with one attached hydrogen (secondary N) is 2. The van der Waals surface area contributed by atoms with Crippen LogP contribution in [0.4, 0.5) is 5.82 Å². The average Bonchev–Trinajstić information content (AvgIpc) is 3.61. The van der Waals surface area contributed by atoms with E-state index in [0.29, 0.717) is 35.6 Å². The van der Waals surface area contributed by atoms with E-state index in [1.165, 1.54) is 4.68 Å². The fourth-order valence-electron chi connectivity index (χ4n) is 4.14. The molecule has 3 heterocycles. The Kier molecular flexibility index (Phi) is 7.46. The van der Waals surface area contributed by atoms with E-state index in [2.05, 4.69) is 20.4 Å². The molecule has 0 saturated carbocycles. The molecule has 0 aliphatic carbocycles. The van der Waals surface area contributed by atoms with Crippen molar-refractivity contribution < 1.29 is 9.53 Å². The highest BCUT2D eigenvalue weighted by Crippen LogP contribution is 2.27. The Balaban J connectivity index is 1.41. The largest absolute Gasteiger partial charge is 0.497 e. The number of thiophene rings is 1. The number of carbonyl (C=O) groups is 1.